The van der Waals surface area contributed by atoms with E-state index in [2.05, 4.69) is 56.5 Å². The molecule has 0 aliphatic carbocycles. The van der Waals surface area contributed by atoms with Gasteiger partial charge in [0, 0.05) is 18.5 Å². The molecule has 3 heteroatoms. The van der Waals surface area contributed by atoms with Crippen molar-refractivity contribution in [2.75, 3.05) is 5.73 Å². The van der Waals surface area contributed by atoms with Crippen molar-refractivity contribution in [1.29, 1.82) is 0 Å². The summed E-state index contributed by atoms with van der Waals surface area (Å²) < 4.78 is 2.14. The molecule has 3 nitrogen and oxygen atoms in total. The van der Waals surface area contributed by atoms with Gasteiger partial charge in [0.25, 0.3) is 0 Å². The van der Waals surface area contributed by atoms with E-state index in [1.807, 2.05) is 0 Å². The van der Waals surface area contributed by atoms with Crippen LogP contribution in [0.4, 0.5) is 5.82 Å². The van der Waals surface area contributed by atoms with Gasteiger partial charge in [0.15, 0.2) is 0 Å². The van der Waals surface area contributed by atoms with Gasteiger partial charge in [-0.15, -0.1) is 0 Å². The fraction of sp³-hybridized carbons (Fsp3) is 0.471. The summed E-state index contributed by atoms with van der Waals surface area (Å²) in [5, 5.41) is 0. The molecule has 0 saturated heterocycles. The molecule has 0 unspecified atom stereocenters. The maximum atomic E-state index is 6.30. The van der Waals surface area contributed by atoms with Crippen molar-refractivity contribution in [1.82, 2.24) is 9.55 Å². The lowest BCUT2D eigenvalue weighted by molar-refractivity contribution is 0.650. The lowest BCUT2D eigenvalue weighted by atomic mass is 10.0. The van der Waals surface area contributed by atoms with Crippen molar-refractivity contribution in [3.63, 3.8) is 0 Å². The first kappa shape index (κ1) is 14.6. The standard InChI is InChI=1S/C17H25N3/c1-5-11-20-15(6-2)19-16(17(20)18)14-9-7-13(8-10-14)12(3)4/h7-10,12H,5-6,11,18H2,1-4H3. The van der Waals surface area contributed by atoms with Crippen molar-refractivity contribution in [2.24, 2.45) is 0 Å². The van der Waals surface area contributed by atoms with Gasteiger partial charge in [-0.3, -0.25) is 0 Å². The molecule has 20 heavy (non-hydrogen) atoms. The molecule has 0 aliphatic rings. The van der Waals surface area contributed by atoms with E-state index < -0.39 is 0 Å². The summed E-state index contributed by atoms with van der Waals surface area (Å²) >= 11 is 0. The van der Waals surface area contributed by atoms with E-state index in [1.54, 1.807) is 0 Å². The highest BCUT2D eigenvalue weighted by Gasteiger charge is 2.14. The maximum absolute atomic E-state index is 6.30. The van der Waals surface area contributed by atoms with Gasteiger partial charge < -0.3 is 10.3 Å². The van der Waals surface area contributed by atoms with Gasteiger partial charge in [0.2, 0.25) is 0 Å². The Morgan fingerprint density at radius 1 is 1.15 bits per heavy atom. The number of hydrogen-bond acceptors (Lipinski definition) is 2. The Balaban J connectivity index is 2.42. The van der Waals surface area contributed by atoms with Gasteiger partial charge >= 0.3 is 0 Å². The van der Waals surface area contributed by atoms with Crippen LogP contribution in [0.1, 0.15) is 51.4 Å². The fourth-order valence-corrected chi connectivity index (χ4v) is 2.49. The first-order chi connectivity index (χ1) is 9.58. The van der Waals surface area contributed by atoms with E-state index in [0.29, 0.717) is 5.92 Å². The van der Waals surface area contributed by atoms with Crippen LogP contribution in [0.15, 0.2) is 24.3 Å². The van der Waals surface area contributed by atoms with Crippen molar-refractivity contribution >= 4 is 5.82 Å². The molecule has 108 valence electrons. The van der Waals surface area contributed by atoms with Gasteiger partial charge in [-0.2, -0.15) is 0 Å². The van der Waals surface area contributed by atoms with Crippen LogP contribution in [0.25, 0.3) is 11.3 Å². The van der Waals surface area contributed by atoms with Crippen LogP contribution in [-0.4, -0.2) is 9.55 Å². The number of nitrogen functional groups attached to an aromatic ring is 1. The molecule has 0 fully saturated rings. The van der Waals surface area contributed by atoms with Crippen LogP contribution >= 0.6 is 0 Å². The second-order valence-electron chi connectivity index (χ2n) is 5.54. The van der Waals surface area contributed by atoms with E-state index in [9.17, 15) is 0 Å². The number of anilines is 1. The lowest BCUT2D eigenvalue weighted by Crippen LogP contribution is -2.06. The molecule has 2 aromatic rings. The number of benzene rings is 1. The normalized spacial score (nSPS) is 11.2. The first-order valence-corrected chi connectivity index (χ1v) is 7.53. The van der Waals surface area contributed by atoms with Gasteiger partial charge in [-0.25, -0.2) is 4.98 Å². The summed E-state index contributed by atoms with van der Waals surface area (Å²) in [6, 6.07) is 8.60. The highest BCUT2D eigenvalue weighted by atomic mass is 15.1. The number of rotatable bonds is 5. The average molecular weight is 271 g/mol. The second-order valence-corrected chi connectivity index (χ2v) is 5.54. The molecule has 0 aliphatic heterocycles. The molecule has 2 rings (SSSR count). The predicted octanol–water partition coefficient (Wildman–Crippen LogP) is 4.23. The van der Waals surface area contributed by atoms with Crippen molar-refractivity contribution in [2.45, 2.75) is 53.0 Å². The van der Waals surface area contributed by atoms with Crippen molar-refractivity contribution in [3.05, 3.63) is 35.7 Å². The lowest BCUT2D eigenvalue weighted by Gasteiger charge is -2.08. The number of aryl methyl sites for hydroxylation is 1. The molecule has 1 aromatic heterocycles. The number of imidazole rings is 1. The zero-order valence-corrected chi connectivity index (χ0v) is 13.0. The molecule has 0 bridgehead atoms. The Bertz CT molecular complexity index is 565. The number of nitrogens with zero attached hydrogens (tertiary/aromatic N) is 2. The highest BCUT2D eigenvalue weighted by molar-refractivity contribution is 5.71. The van der Waals surface area contributed by atoms with E-state index >= 15 is 0 Å². The smallest absolute Gasteiger partial charge is 0.131 e. The summed E-state index contributed by atoms with van der Waals surface area (Å²) in [6.45, 7) is 9.63. The molecule has 0 atom stereocenters. The Hall–Kier alpha value is -1.77. The monoisotopic (exact) mass is 271 g/mol. The summed E-state index contributed by atoms with van der Waals surface area (Å²) in [7, 11) is 0. The van der Waals surface area contributed by atoms with E-state index in [-0.39, 0.29) is 0 Å². The Labute approximate surface area is 121 Å². The third-order valence-electron chi connectivity index (χ3n) is 3.70. The Morgan fingerprint density at radius 3 is 2.30 bits per heavy atom. The third kappa shape index (κ3) is 2.72. The fourth-order valence-electron chi connectivity index (χ4n) is 2.49. The Kier molecular flexibility index (Phi) is 4.48. The maximum Gasteiger partial charge on any atom is 0.131 e. The van der Waals surface area contributed by atoms with E-state index in [1.165, 1.54) is 5.56 Å². The zero-order chi connectivity index (χ0) is 14.7. The van der Waals surface area contributed by atoms with E-state index in [4.69, 9.17) is 10.7 Å². The number of aromatic nitrogens is 2. The largest absolute Gasteiger partial charge is 0.383 e. The molecular formula is C17H25N3. The minimum atomic E-state index is 0.547. The van der Waals surface area contributed by atoms with Crippen LogP contribution in [0.5, 0.6) is 0 Å². The summed E-state index contributed by atoms with van der Waals surface area (Å²) in [6.07, 6.45) is 1.98. The second kappa shape index (κ2) is 6.12. The molecule has 0 amide bonds. The quantitative estimate of drug-likeness (QED) is 0.884. The van der Waals surface area contributed by atoms with Gasteiger partial charge in [0.05, 0.1) is 0 Å². The van der Waals surface area contributed by atoms with Gasteiger partial charge in [0.1, 0.15) is 17.3 Å². The Morgan fingerprint density at radius 2 is 1.80 bits per heavy atom. The minimum absolute atomic E-state index is 0.547. The van der Waals surface area contributed by atoms with Crippen LogP contribution in [-0.2, 0) is 13.0 Å². The molecule has 0 spiro atoms. The van der Waals surface area contributed by atoms with Crippen molar-refractivity contribution < 1.29 is 0 Å². The highest BCUT2D eigenvalue weighted by Crippen LogP contribution is 2.28. The summed E-state index contributed by atoms with van der Waals surface area (Å²) in [5.41, 5.74) is 9.67. The molecule has 1 heterocycles. The average Bonchev–Trinajstić information content (AvgIpc) is 2.76. The van der Waals surface area contributed by atoms with Crippen LogP contribution in [0, 0.1) is 0 Å². The molecule has 0 saturated carbocycles. The SMILES string of the molecule is CCCn1c(CC)nc(-c2ccc(C(C)C)cc2)c1N. The molecule has 0 radical (unpaired) electrons. The topological polar surface area (TPSA) is 43.8 Å². The van der Waals surface area contributed by atoms with Crippen LogP contribution in [0.2, 0.25) is 0 Å². The molecule has 1 aromatic carbocycles. The van der Waals surface area contributed by atoms with Gasteiger partial charge in [-0.05, 0) is 17.9 Å². The third-order valence-corrected chi connectivity index (χ3v) is 3.70. The number of hydrogen-bond donors (Lipinski definition) is 1. The van der Waals surface area contributed by atoms with Crippen LogP contribution in [0.3, 0.4) is 0 Å². The van der Waals surface area contributed by atoms with Crippen LogP contribution < -0.4 is 5.73 Å². The summed E-state index contributed by atoms with van der Waals surface area (Å²) in [5.74, 6) is 2.42. The van der Waals surface area contributed by atoms with Crippen molar-refractivity contribution in [3.8, 4) is 11.3 Å². The first-order valence-electron chi connectivity index (χ1n) is 7.53. The number of nitrogens with two attached hydrogens (primary N) is 1. The molecule has 2 N–H and O–H groups in total. The zero-order valence-electron chi connectivity index (χ0n) is 13.0. The predicted molar refractivity (Wildman–Crippen MR) is 85.8 cm³/mol. The minimum Gasteiger partial charge on any atom is -0.383 e. The van der Waals surface area contributed by atoms with E-state index in [0.717, 1.165) is 42.3 Å². The van der Waals surface area contributed by atoms with Gasteiger partial charge in [-0.1, -0.05) is 52.0 Å². The summed E-state index contributed by atoms with van der Waals surface area (Å²) in [4.78, 5) is 4.73. The molecular weight excluding hydrogens is 246 g/mol.